The fourth-order valence-corrected chi connectivity index (χ4v) is 2.93. The molecule has 1 aromatic heterocycles. The van der Waals surface area contributed by atoms with Crippen LogP contribution in [-0.4, -0.2) is 28.7 Å². The van der Waals surface area contributed by atoms with Crippen molar-refractivity contribution in [2.24, 2.45) is 0 Å². The maximum Gasteiger partial charge on any atom is 0.292 e. The van der Waals surface area contributed by atoms with E-state index in [9.17, 15) is 19.7 Å². The molecule has 3 rings (SSSR count). The monoisotopic (exact) mass is 408 g/mol. The molecular formula is C21H20N4O5. The van der Waals surface area contributed by atoms with Gasteiger partial charge in [-0.15, -0.1) is 0 Å². The summed E-state index contributed by atoms with van der Waals surface area (Å²) in [7, 11) is 1.55. The van der Waals surface area contributed by atoms with Gasteiger partial charge < -0.3 is 20.4 Å². The molecule has 0 saturated heterocycles. The first-order valence-corrected chi connectivity index (χ1v) is 9.05. The van der Waals surface area contributed by atoms with Gasteiger partial charge in [-0.25, -0.2) is 0 Å². The second-order valence-electron chi connectivity index (χ2n) is 6.55. The number of anilines is 1. The maximum atomic E-state index is 13.1. The number of nitrogens with zero attached hydrogens (tertiary/aromatic N) is 2. The Morgan fingerprint density at radius 2 is 1.80 bits per heavy atom. The average Bonchev–Trinajstić information content (AvgIpc) is 3.26. The van der Waals surface area contributed by atoms with Crippen molar-refractivity contribution >= 4 is 23.2 Å². The highest BCUT2D eigenvalue weighted by Crippen LogP contribution is 2.24. The zero-order chi connectivity index (χ0) is 21.7. The SMILES string of the molecule is CNC(=O)c1ccc(CN(Cc2ccco2)C(=O)c2ccc(N)c([N+](=O)[O-])c2)cc1. The molecule has 0 aliphatic heterocycles. The van der Waals surface area contributed by atoms with Crippen LogP contribution < -0.4 is 11.1 Å². The third-order valence-electron chi connectivity index (χ3n) is 4.50. The van der Waals surface area contributed by atoms with Crippen LogP contribution in [0, 0.1) is 10.1 Å². The van der Waals surface area contributed by atoms with Crippen LogP contribution in [0.25, 0.3) is 0 Å². The normalized spacial score (nSPS) is 10.4. The van der Waals surface area contributed by atoms with E-state index in [1.807, 2.05) is 0 Å². The number of carbonyl (C=O) groups excluding carboxylic acids is 2. The Bertz CT molecular complexity index is 1060. The molecule has 0 atom stereocenters. The van der Waals surface area contributed by atoms with E-state index in [-0.39, 0.29) is 35.9 Å². The molecule has 0 spiro atoms. The quantitative estimate of drug-likeness (QED) is 0.351. The van der Waals surface area contributed by atoms with Gasteiger partial charge in [0.25, 0.3) is 17.5 Å². The lowest BCUT2D eigenvalue weighted by Crippen LogP contribution is -2.30. The third-order valence-corrected chi connectivity index (χ3v) is 4.50. The number of rotatable bonds is 7. The molecule has 2 aromatic carbocycles. The van der Waals surface area contributed by atoms with Crippen LogP contribution in [0.1, 0.15) is 32.0 Å². The minimum Gasteiger partial charge on any atom is -0.467 e. The highest BCUT2D eigenvalue weighted by Gasteiger charge is 2.22. The van der Waals surface area contributed by atoms with Gasteiger partial charge in [-0.2, -0.15) is 0 Å². The van der Waals surface area contributed by atoms with Gasteiger partial charge in [0.2, 0.25) is 0 Å². The molecule has 1 heterocycles. The molecule has 0 unspecified atom stereocenters. The highest BCUT2D eigenvalue weighted by molar-refractivity contribution is 5.96. The number of hydrogen-bond donors (Lipinski definition) is 2. The third kappa shape index (κ3) is 4.64. The van der Waals surface area contributed by atoms with E-state index >= 15 is 0 Å². The van der Waals surface area contributed by atoms with Crippen molar-refractivity contribution in [2.45, 2.75) is 13.1 Å². The molecule has 0 fully saturated rings. The zero-order valence-corrected chi connectivity index (χ0v) is 16.2. The molecule has 0 saturated carbocycles. The van der Waals surface area contributed by atoms with Gasteiger partial charge in [0.15, 0.2) is 0 Å². The molecule has 30 heavy (non-hydrogen) atoms. The van der Waals surface area contributed by atoms with Crippen LogP contribution >= 0.6 is 0 Å². The first kappa shape index (κ1) is 20.6. The lowest BCUT2D eigenvalue weighted by Gasteiger charge is -2.22. The van der Waals surface area contributed by atoms with Gasteiger partial charge in [0, 0.05) is 30.8 Å². The fraction of sp³-hybridized carbons (Fsp3) is 0.143. The number of carbonyl (C=O) groups is 2. The molecule has 0 radical (unpaired) electrons. The Morgan fingerprint density at radius 3 is 2.40 bits per heavy atom. The number of nitrogen functional groups attached to an aromatic ring is 1. The van der Waals surface area contributed by atoms with Crippen LogP contribution in [0.4, 0.5) is 11.4 Å². The highest BCUT2D eigenvalue weighted by atomic mass is 16.6. The Hall–Kier alpha value is -4.14. The van der Waals surface area contributed by atoms with Gasteiger partial charge in [-0.3, -0.25) is 19.7 Å². The number of nitro benzene ring substituents is 1. The number of hydrogen-bond acceptors (Lipinski definition) is 6. The molecule has 9 heteroatoms. The Labute approximate surface area is 172 Å². The van der Waals surface area contributed by atoms with Crippen molar-refractivity contribution in [3.05, 3.63) is 93.4 Å². The molecule has 3 N–H and O–H groups in total. The Morgan fingerprint density at radius 1 is 1.10 bits per heavy atom. The number of furan rings is 1. The smallest absolute Gasteiger partial charge is 0.292 e. The van der Waals surface area contributed by atoms with E-state index in [4.69, 9.17) is 10.2 Å². The van der Waals surface area contributed by atoms with Gasteiger partial charge in [0.05, 0.1) is 17.7 Å². The largest absolute Gasteiger partial charge is 0.467 e. The summed E-state index contributed by atoms with van der Waals surface area (Å²) in [6, 6.07) is 14.2. The molecule has 2 amide bonds. The predicted molar refractivity (Wildman–Crippen MR) is 110 cm³/mol. The summed E-state index contributed by atoms with van der Waals surface area (Å²) < 4.78 is 5.36. The number of benzene rings is 2. The summed E-state index contributed by atoms with van der Waals surface area (Å²) in [5, 5.41) is 13.7. The minimum atomic E-state index is -0.625. The van der Waals surface area contributed by atoms with Crippen LogP contribution in [0.2, 0.25) is 0 Å². The van der Waals surface area contributed by atoms with Crippen molar-refractivity contribution < 1.29 is 18.9 Å². The summed E-state index contributed by atoms with van der Waals surface area (Å²) in [6.07, 6.45) is 1.50. The van der Waals surface area contributed by atoms with Crippen LogP contribution in [0.5, 0.6) is 0 Å². The minimum absolute atomic E-state index is 0.0149. The van der Waals surface area contributed by atoms with E-state index in [0.717, 1.165) is 5.56 Å². The Balaban J connectivity index is 1.89. The average molecular weight is 408 g/mol. The van der Waals surface area contributed by atoms with E-state index in [1.54, 1.807) is 43.4 Å². The van der Waals surface area contributed by atoms with E-state index in [2.05, 4.69) is 5.32 Å². The van der Waals surface area contributed by atoms with Crippen molar-refractivity contribution in [2.75, 3.05) is 12.8 Å². The summed E-state index contributed by atoms with van der Waals surface area (Å²) in [5.41, 5.74) is 6.72. The topological polar surface area (TPSA) is 132 Å². The van der Waals surface area contributed by atoms with Crippen LogP contribution in [0.15, 0.2) is 65.3 Å². The van der Waals surface area contributed by atoms with Crippen molar-refractivity contribution in [3.63, 3.8) is 0 Å². The van der Waals surface area contributed by atoms with Gasteiger partial charge in [0.1, 0.15) is 11.4 Å². The summed E-state index contributed by atoms with van der Waals surface area (Å²) in [6.45, 7) is 0.382. The molecule has 9 nitrogen and oxygen atoms in total. The number of nitrogens with two attached hydrogens (primary N) is 1. The molecule has 0 aliphatic carbocycles. The maximum absolute atomic E-state index is 13.1. The zero-order valence-electron chi connectivity index (χ0n) is 16.2. The number of amides is 2. The lowest BCUT2D eigenvalue weighted by molar-refractivity contribution is -0.383. The van der Waals surface area contributed by atoms with Crippen LogP contribution in [0.3, 0.4) is 0 Å². The van der Waals surface area contributed by atoms with E-state index in [1.165, 1.54) is 29.4 Å². The summed E-state index contributed by atoms with van der Waals surface area (Å²) in [4.78, 5) is 36.9. The molecule has 3 aromatic rings. The van der Waals surface area contributed by atoms with E-state index < -0.39 is 10.8 Å². The van der Waals surface area contributed by atoms with Gasteiger partial charge in [-0.1, -0.05) is 12.1 Å². The predicted octanol–water partition coefficient (Wildman–Crippen LogP) is 2.97. The Kier molecular flexibility index (Phi) is 6.11. The molecule has 0 bridgehead atoms. The molecular weight excluding hydrogens is 388 g/mol. The first-order valence-electron chi connectivity index (χ1n) is 9.05. The number of nitro groups is 1. The second kappa shape index (κ2) is 8.91. The van der Waals surface area contributed by atoms with E-state index in [0.29, 0.717) is 11.3 Å². The van der Waals surface area contributed by atoms with Crippen LogP contribution in [-0.2, 0) is 13.1 Å². The molecule has 0 aliphatic rings. The summed E-state index contributed by atoms with van der Waals surface area (Å²) >= 11 is 0. The lowest BCUT2D eigenvalue weighted by atomic mass is 10.1. The second-order valence-corrected chi connectivity index (χ2v) is 6.55. The van der Waals surface area contributed by atoms with Crippen molar-refractivity contribution in [3.8, 4) is 0 Å². The summed E-state index contributed by atoms with van der Waals surface area (Å²) in [5.74, 6) is -0.0561. The van der Waals surface area contributed by atoms with Crippen molar-refractivity contribution in [1.82, 2.24) is 10.2 Å². The molecule has 154 valence electrons. The fourth-order valence-electron chi connectivity index (χ4n) is 2.93. The first-order chi connectivity index (χ1) is 14.4. The van der Waals surface area contributed by atoms with Gasteiger partial charge >= 0.3 is 0 Å². The van der Waals surface area contributed by atoms with Crippen molar-refractivity contribution in [1.29, 1.82) is 0 Å². The number of nitrogens with one attached hydrogen (secondary N) is 1. The standard InChI is InChI=1S/C21H20N4O5/c1-23-20(26)15-6-4-14(5-7-15)12-24(13-17-3-2-10-30-17)21(27)16-8-9-18(22)19(11-16)25(28)29/h2-11H,12-13,22H2,1H3,(H,23,26). The van der Waals surface area contributed by atoms with Gasteiger partial charge in [-0.05, 0) is 42.0 Å².